The van der Waals surface area contributed by atoms with E-state index in [-0.39, 0.29) is 16.8 Å². The van der Waals surface area contributed by atoms with Crippen LogP contribution in [0.25, 0.3) is 11.1 Å². The zero-order valence-electron chi connectivity index (χ0n) is 10.9. The summed E-state index contributed by atoms with van der Waals surface area (Å²) in [5, 5.41) is 10.8. The van der Waals surface area contributed by atoms with Crippen LogP contribution in [-0.4, -0.2) is 11.3 Å². The molecular formula is C15H8F3NO3. The van der Waals surface area contributed by atoms with E-state index in [9.17, 15) is 23.3 Å². The Hall–Kier alpha value is -3.01. The molecule has 0 aliphatic heterocycles. The van der Waals surface area contributed by atoms with E-state index in [1.54, 1.807) is 0 Å². The number of nitrogens with zero attached hydrogens (tertiary/aromatic N) is 1. The summed E-state index contributed by atoms with van der Waals surface area (Å²) in [6, 6.07) is 9.21. The quantitative estimate of drug-likeness (QED) is 0.486. The molecule has 22 heavy (non-hydrogen) atoms. The Labute approximate surface area is 123 Å². The van der Waals surface area contributed by atoms with Gasteiger partial charge in [0.1, 0.15) is 11.3 Å². The molecule has 0 fully saturated rings. The number of ether oxygens (including phenoxy) is 1. The maximum atomic E-state index is 12.4. The molecule has 0 spiro atoms. The van der Waals surface area contributed by atoms with Crippen molar-refractivity contribution in [3.63, 3.8) is 0 Å². The lowest BCUT2D eigenvalue weighted by Crippen LogP contribution is -2.17. The minimum atomic E-state index is -4.84. The zero-order chi connectivity index (χ0) is 16.3. The molecule has 2 rings (SSSR count). The van der Waals surface area contributed by atoms with E-state index < -0.39 is 17.0 Å². The number of nitro groups is 1. The summed E-state index contributed by atoms with van der Waals surface area (Å²) in [5.41, 5.74) is 0.106. The largest absolute Gasteiger partial charge is 0.573 e. The van der Waals surface area contributed by atoms with Gasteiger partial charge in [0.25, 0.3) is 5.69 Å². The van der Waals surface area contributed by atoms with Crippen LogP contribution >= 0.6 is 0 Å². The third-order valence-corrected chi connectivity index (χ3v) is 2.77. The van der Waals surface area contributed by atoms with E-state index in [2.05, 4.69) is 10.7 Å². The standard InChI is InChI=1S/C15H8F3NO3/c1-2-10-9-11(7-8-13(10)19(20)21)12-5-3-4-6-14(12)22-15(16,17)18/h1,3-9H. The summed E-state index contributed by atoms with van der Waals surface area (Å²) in [4.78, 5) is 10.2. The fourth-order valence-corrected chi connectivity index (χ4v) is 1.90. The van der Waals surface area contributed by atoms with Gasteiger partial charge in [-0.25, -0.2) is 0 Å². The third kappa shape index (κ3) is 3.35. The van der Waals surface area contributed by atoms with Crippen molar-refractivity contribution in [2.45, 2.75) is 6.36 Å². The molecule has 0 saturated carbocycles. The number of alkyl halides is 3. The lowest BCUT2D eigenvalue weighted by Gasteiger charge is -2.13. The number of para-hydroxylation sites is 1. The molecule has 2 aromatic carbocycles. The predicted octanol–water partition coefficient (Wildman–Crippen LogP) is 4.14. The SMILES string of the molecule is C#Cc1cc(-c2ccccc2OC(F)(F)F)ccc1[N+](=O)[O-]. The van der Waals surface area contributed by atoms with Crippen molar-refractivity contribution in [3.8, 4) is 29.2 Å². The van der Waals surface area contributed by atoms with E-state index in [1.807, 2.05) is 0 Å². The molecule has 0 aliphatic rings. The van der Waals surface area contributed by atoms with Gasteiger partial charge >= 0.3 is 6.36 Å². The molecule has 0 aromatic heterocycles. The highest BCUT2D eigenvalue weighted by atomic mass is 19.4. The second kappa shape index (κ2) is 5.77. The number of rotatable bonds is 3. The molecule has 0 amide bonds. The van der Waals surface area contributed by atoms with E-state index in [4.69, 9.17) is 6.42 Å². The highest BCUT2D eigenvalue weighted by Crippen LogP contribution is 2.35. The van der Waals surface area contributed by atoms with Gasteiger partial charge in [-0.3, -0.25) is 10.1 Å². The highest BCUT2D eigenvalue weighted by molar-refractivity contribution is 5.73. The van der Waals surface area contributed by atoms with Crippen molar-refractivity contribution in [2.75, 3.05) is 0 Å². The topological polar surface area (TPSA) is 52.4 Å². The number of nitro benzene ring substituents is 1. The Morgan fingerprint density at radius 1 is 1.18 bits per heavy atom. The molecule has 7 heteroatoms. The van der Waals surface area contributed by atoms with Crippen LogP contribution in [0.4, 0.5) is 18.9 Å². The molecule has 0 saturated heterocycles. The molecule has 0 aliphatic carbocycles. The van der Waals surface area contributed by atoms with Crippen LogP contribution in [0.5, 0.6) is 5.75 Å². The first-order valence-electron chi connectivity index (χ1n) is 5.92. The van der Waals surface area contributed by atoms with Crippen LogP contribution in [0, 0.1) is 22.5 Å². The van der Waals surface area contributed by atoms with Crippen molar-refractivity contribution in [3.05, 3.63) is 58.1 Å². The Kier molecular flexibility index (Phi) is 4.04. The van der Waals surface area contributed by atoms with Gasteiger partial charge < -0.3 is 4.74 Å². The first kappa shape index (κ1) is 15.4. The molecule has 4 nitrogen and oxygen atoms in total. The van der Waals surface area contributed by atoms with Crippen molar-refractivity contribution in [1.82, 2.24) is 0 Å². The Balaban J connectivity index is 2.54. The van der Waals surface area contributed by atoms with Crippen molar-refractivity contribution < 1.29 is 22.8 Å². The molecule has 0 radical (unpaired) electrons. The lowest BCUT2D eigenvalue weighted by atomic mass is 10.0. The smallest absolute Gasteiger partial charge is 0.405 e. The molecule has 0 bridgehead atoms. The van der Waals surface area contributed by atoms with Gasteiger partial charge in [-0.2, -0.15) is 0 Å². The van der Waals surface area contributed by atoms with Crippen LogP contribution in [0.1, 0.15) is 5.56 Å². The van der Waals surface area contributed by atoms with Crippen LogP contribution < -0.4 is 4.74 Å². The molecule has 0 heterocycles. The number of hydrogen-bond donors (Lipinski definition) is 0. The van der Waals surface area contributed by atoms with Crippen LogP contribution in [0.3, 0.4) is 0 Å². The number of halogens is 3. The van der Waals surface area contributed by atoms with Gasteiger partial charge in [0.2, 0.25) is 0 Å². The normalized spacial score (nSPS) is 10.8. The minimum absolute atomic E-state index is 0.0238. The summed E-state index contributed by atoms with van der Waals surface area (Å²) < 4.78 is 41.2. The number of benzene rings is 2. The third-order valence-electron chi connectivity index (χ3n) is 2.77. The van der Waals surface area contributed by atoms with Gasteiger partial charge in [0.05, 0.1) is 4.92 Å². The second-order valence-corrected chi connectivity index (χ2v) is 4.18. The molecule has 112 valence electrons. The van der Waals surface area contributed by atoms with Crippen molar-refractivity contribution >= 4 is 5.69 Å². The monoisotopic (exact) mass is 307 g/mol. The fourth-order valence-electron chi connectivity index (χ4n) is 1.90. The van der Waals surface area contributed by atoms with Gasteiger partial charge in [-0.15, -0.1) is 19.6 Å². The first-order valence-corrected chi connectivity index (χ1v) is 5.92. The fraction of sp³-hybridized carbons (Fsp3) is 0.0667. The van der Waals surface area contributed by atoms with Gasteiger partial charge in [-0.05, 0) is 23.8 Å². The van der Waals surface area contributed by atoms with Gasteiger partial charge in [0, 0.05) is 11.6 Å². The molecular weight excluding hydrogens is 299 g/mol. The summed E-state index contributed by atoms with van der Waals surface area (Å²) in [6.07, 6.45) is 0.368. The van der Waals surface area contributed by atoms with Crippen LogP contribution in [-0.2, 0) is 0 Å². The van der Waals surface area contributed by atoms with Crippen molar-refractivity contribution in [2.24, 2.45) is 0 Å². The Morgan fingerprint density at radius 3 is 2.45 bits per heavy atom. The minimum Gasteiger partial charge on any atom is -0.405 e. The Morgan fingerprint density at radius 2 is 1.86 bits per heavy atom. The van der Waals surface area contributed by atoms with Gasteiger partial charge in [-0.1, -0.05) is 24.1 Å². The first-order chi connectivity index (χ1) is 10.3. The van der Waals surface area contributed by atoms with E-state index in [0.717, 1.165) is 12.1 Å². The van der Waals surface area contributed by atoms with E-state index in [0.29, 0.717) is 5.56 Å². The zero-order valence-corrected chi connectivity index (χ0v) is 10.9. The maximum Gasteiger partial charge on any atom is 0.573 e. The van der Waals surface area contributed by atoms with Crippen LogP contribution in [0.2, 0.25) is 0 Å². The average Bonchev–Trinajstić information content (AvgIpc) is 2.45. The predicted molar refractivity (Wildman–Crippen MR) is 73.2 cm³/mol. The second-order valence-electron chi connectivity index (χ2n) is 4.18. The Bertz CT molecular complexity index is 763. The summed E-state index contributed by atoms with van der Waals surface area (Å²) in [5.74, 6) is 1.74. The van der Waals surface area contributed by atoms with E-state index >= 15 is 0 Å². The average molecular weight is 307 g/mol. The van der Waals surface area contributed by atoms with Gasteiger partial charge in [0.15, 0.2) is 0 Å². The number of terminal acetylenes is 1. The van der Waals surface area contributed by atoms with E-state index in [1.165, 1.54) is 30.3 Å². The molecule has 0 atom stereocenters. The molecule has 2 aromatic rings. The lowest BCUT2D eigenvalue weighted by molar-refractivity contribution is -0.385. The number of hydrogen-bond acceptors (Lipinski definition) is 3. The summed E-state index contributed by atoms with van der Waals surface area (Å²) in [7, 11) is 0. The summed E-state index contributed by atoms with van der Waals surface area (Å²) in [6.45, 7) is 0. The highest BCUT2D eigenvalue weighted by Gasteiger charge is 2.32. The summed E-state index contributed by atoms with van der Waals surface area (Å²) >= 11 is 0. The van der Waals surface area contributed by atoms with Crippen molar-refractivity contribution in [1.29, 1.82) is 0 Å². The molecule has 0 N–H and O–H groups in total. The van der Waals surface area contributed by atoms with Crippen LogP contribution in [0.15, 0.2) is 42.5 Å². The maximum absolute atomic E-state index is 12.4. The molecule has 0 unspecified atom stereocenters.